The van der Waals surface area contributed by atoms with Crippen molar-refractivity contribution < 1.29 is 24.3 Å². The summed E-state index contributed by atoms with van der Waals surface area (Å²) in [7, 11) is 1.44. The van der Waals surface area contributed by atoms with Crippen LogP contribution in [0, 0.1) is 6.92 Å². The maximum absolute atomic E-state index is 10.8. The topological polar surface area (TPSA) is 92.8 Å². The highest BCUT2D eigenvalue weighted by atomic mass is 79.9. The highest BCUT2D eigenvalue weighted by molar-refractivity contribution is 9.10. The highest BCUT2D eigenvalue weighted by Crippen LogP contribution is 2.43. The number of hydrogen-bond acceptors (Lipinski definition) is 5. The van der Waals surface area contributed by atoms with E-state index in [0.717, 1.165) is 5.56 Å². The average Bonchev–Trinajstić information content (AvgIpc) is 2.83. The first-order chi connectivity index (χ1) is 8.95. The monoisotopic (exact) mass is 327 g/mol. The zero-order valence-corrected chi connectivity index (χ0v) is 11.7. The van der Waals surface area contributed by atoms with Crippen LogP contribution in [0.4, 0.5) is 0 Å². The van der Waals surface area contributed by atoms with E-state index in [1.165, 1.54) is 13.2 Å². The van der Waals surface area contributed by atoms with E-state index in [1.54, 1.807) is 13.0 Å². The second-order valence-corrected chi connectivity index (χ2v) is 4.61. The van der Waals surface area contributed by atoms with Gasteiger partial charge in [-0.25, -0.2) is 4.79 Å². The summed E-state index contributed by atoms with van der Waals surface area (Å²) in [6.07, 6.45) is 0. The fourth-order valence-electron chi connectivity index (χ4n) is 1.70. The highest BCUT2D eigenvalue weighted by Gasteiger charge is 2.20. The largest absolute Gasteiger partial charge is 0.503 e. The van der Waals surface area contributed by atoms with E-state index in [1.807, 2.05) is 0 Å². The lowest BCUT2D eigenvalue weighted by Gasteiger charge is -2.11. The molecular formula is C12H10BrNO5. The van der Waals surface area contributed by atoms with Crippen molar-refractivity contribution in [3.05, 3.63) is 27.9 Å². The number of benzene rings is 1. The fourth-order valence-corrected chi connectivity index (χ4v) is 2.41. The van der Waals surface area contributed by atoms with Gasteiger partial charge < -0.3 is 19.5 Å². The number of halogens is 1. The van der Waals surface area contributed by atoms with Gasteiger partial charge in [-0.1, -0.05) is 5.16 Å². The first-order valence-electron chi connectivity index (χ1n) is 5.22. The van der Waals surface area contributed by atoms with Crippen molar-refractivity contribution in [3.8, 4) is 22.8 Å². The molecule has 0 amide bonds. The molecule has 0 saturated heterocycles. The molecule has 0 atom stereocenters. The van der Waals surface area contributed by atoms with Crippen LogP contribution in [0.25, 0.3) is 11.3 Å². The molecule has 0 fully saturated rings. The van der Waals surface area contributed by atoms with Gasteiger partial charge in [0.1, 0.15) is 5.69 Å². The maximum atomic E-state index is 10.8. The molecule has 0 aliphatic rings. The van der Waals surface area contributed by atoms with Gasteiger partial charge >= 0.3 is 5.97 Å². The molecule has 0 spiro atoms. The predicted molar refractivity (Wildman–Crippen MR) is 69.6 cm³/mol. The quantitative estimate of drug-likeness (QED) is 0.900. The molecule has 0 aliphatic heterocycles. The van der Waals surface area contributed by atoms with Gasteiger partial charge in [-0.2, -0.15) is 0 Å². The molecule has 2 aromatic rings. The normalized spacial score (nSPS) is 10.5. The van der Waals surface area contributed by atoms with Crippen LogP contribution in [-0.2, 0) is 0 Å². The number of aromatic carboxylic acids is 1. The lowest BCUT2D eigenvalue weighted by Crippen LogP contribution is -1.92. The number of ether oxygens (including phenoxy) is 1. The van der Waals surface area contributed by atoms with E-state index >= 15 is 0 Å². The molecule has 7 heteroatoms. The van der Waals surface area contributed by atoms with Crippen LogP contribution in [0.2, 0.25) is 0 Å². The van der Waals surface area contributed by atoms with Gasteiger partial charge in [-0.15, -0.1) is 0 Å². The summed E-state index contributed by atoms with van der Waals surface area (Å²) in [5, 5.41) is 22.4. The van der Waals surface area contributed by atoms with Crippen molar-refractivity contribution in [2.45, 2.75) is 6.92 Å². The minimum atomic E-state index is -1.20. The van der Waals surface area contributed by atoms with E-state index < -0.39 is 5.97 Å². The van der Waals surface area contributed by atoms with E-state index in [2.05, 4.69) is 21.1 Å². The Hall–Kier alpha value is -2.02. The zero-order valence-electron chi connectivity index (χ0n) is 10.1. The lowest BCUT2D eigenvalue weighted by molar-refractivity contribution is 0.0652. The van der Waals surface area contributed by atoms with Gasteiger partial charge in [0.2, 0.25) is 5.76 Å². The zero-order chi connectivity index (χ0) is 14.2. The molecule has 0 bridgehead atoms. The van der Waals surface area contributed by atoms with Gasteiger partial charge in [0.15, 0.2) is 11.5 Å². The van der Waals surface area contributed by atoms with E-state index in [-0.39, 0.29) is 11.5 Å². The molecular weight excluding hydrogens is 318 g/mol. The lowest BCUT2D eigenvalue weighted by atomic mass is 10.0. The Labute approximate surface area is 116 Å². The van der Waals surface area contributed by atoms with Crippen molar-refractivity contribution in [1.82, 2.24) is 5.16 Å². The molecule has 1 aromatic heterocycles. The van der Waals surface area contributed by atoms with E-state index in [0.29, 0.717) is 21.5 Å². The Balaban J connectivity index is 2.61. The number of carboxylic acids is 1. The van der Waals surface area contributed by atoms with Gasteiger partial charge in [0, 0.05) is 11.6 Å². The van der Waals surface area contributed by atoms with Crippen LogP contribution >= 0.6 is 15.9 Å². The number of aryl methyl sites for hydroxylation is 1. The van der Waals surface area contributed by atoms with Gasteiger partial charge in [-0.05, 0) is 34.5 Å². The molecule has 2 N–H and O–H groups in total. The van der Waals surface area contributed by atoms with Gasteiger partial charge in [-0.3, -0.25) is 0 Å². The minimum absolute atomic E-state index is 0.0806. The van der Waals surface area contributed by atoms with Crippen LogP contribution < -0.4 is 4.74 Å². The van der Waals surface area contributed by atoms with Gasteiger partial charge in [0.25, 0.3) is 0 Å². The van der Waals surface area contributed by atoms with E-state index in [4.69, 9.17) is 14.4 Å². The number of rotatable bonds is 3. The van der Waals surface area contributed by atoms with Crippen molar-refractivity contribution >= 4 is 21.9 Å². The second kappa shape index (κ2) is 4.93. The summed E-state index contributed by atoms with van der Waals surface area (Å²) in [6, 6.07) is 2.92. The molecule has 1 heterocycles. The maximum Gasteiger partial charge on any atom is 0.374 e. The summed E-state index contributed by atoms with van der Waals surface area (Å²) in [5.74, 6) is -1.24. The molecule has 1 aromatic carbocycles. The van der Waals surface area contributed by atoms with Crippen LogP contribution in [-0.4, -0.2) is 28.4 Å². The van der Waals surface area contributed by atoms with Crippen molar-refractivity contribution in [2.24, 2.45) is 0 Å². The van der Waals surface area contributed by atoms with Crippen LogP contribution in [0.3, 0.4) is 0 Å². The number of carboxylic acid groups (broad SMARTS) is 1. The molecule has 19 heavy (non-hydrogen) atoms. The molecule has 0 saturated carbocycles. The molecule has 2 rings (SSSR count). The third kappa shape index (κ3) is 2.28. The minimum Gasteiger partial charge on any atom is -0.503 e. The number of hydrogen-bond donors (Lipinski definition) is 2. The van der Waals surface area contributed by atoms with Crippen LogP contribution in [0.5, 0.6) is 11.5 Å². The molecule has 0 radical (unpaired) electrons. The Morgan fingerprint density at radius 3 is 2.68 bits per heavy atom. The number of carbonyl (C=O) groups is 1. The van der Waals surface area contributed by atoms with Crippen LogP contribution in [0.1, 0.15) is 16.1 Å². The summed E-state index contributed by atoms with van der Waals surface area (Å²) < 4.78 is 10.1. The van der Waals surface area contributed by atoms with Crippen molar-refractivity contribution in [3.63, 3.8) is 0 Å². The number of aromatic nitrogens is 1. The Kier molecular flexibility index (Phi) is 3.48. The Morgan fingerprint density at radius 1 is 1.47 bits per heavy atom. The summed E-state index contributed by atoms with van der Waals surface area (Å²) >= 11 is 3.25. The Bertz CT molecular complexity index is 650. The number of methoxy groups -OCH3 is 1. The van der Waals surface area contributed by atoms with Crippen molar-refractivity contribution in [1.29, 1.82) is 0 Å². The van der Waals surface area contributed by atoms with Crippen molar-refractivity contribution in [2.75, 3.05) is 7.11 Å². The summed E-state index contributed by atoms with van der Waals surface area (Å²) in [6.45, 7) is 1.79. The number of nitrogens with zero attached hydrogens (tertiary/aromatic N) is 1. The standard InChI is InChI=1S/C12H10BrNO5/c1-5-3-7(18-2)11(15)10(13)9(5)6-4-8(12(16)17)19-14-6/h3-4,15H,1-2H3,(H,16,17). The number of phenolic OH excluding ortho intramolecular Hbond substituents is 1. The molecule has 0 aliphatic carbocycles. The Morgan fingerprint density at radius 2 is 2.16 bits per heavy atom. The molecule has 0 unspecified atom stereocenters. The SMILES string of the molecule is COc1cc(C)c(-c2cc(C(=O)O)on2)c(Br)c1O. The summed E-state index contributed by atoms with van der Waals surface area (Å²) in [5.41, 5.74) is 1.63. The summed E-state index contributed by atoms with van der Waals surface area (Å²) in [4.78, 5) is 10.8. The van der Waals surface area contributed by atoms with E-state index in [9.17, 15) is 9.90 Å². The molecule has 6 nitrogen and oxygen atoms in total. The first-order valence-corrected chi connectivity index (χ1v) is 6.01. The van der Waals surface area contributed by atoms with Gasteiger partial charge in [0.05, 0.1) is 11.6 Å². The van der Waals surface area contributed by atoms with Crippen LogP contribution in [0.15, 0.2) is 21.1 Å². The number of phenols is 1. The number of aromatic hydroxyl groups is 1. The first kappa shape index (κ1) is 13.4. The second-order valence-electron chi connectivity index (χ2n) is 3.81. The third-order valence-corrected chi connectivity index (χ3v) is 3.37. The fraction of sp³-hybridized carbons (Fsp3) is 0.167. The molecule has 100 valence electrons. The third-order valence-electron chi connectivity index (χ3n) is 2.60. The predicted octanol–water partition coefficient (Wildman–Crippen LogP) is 2.82. The smallest absolute Gasteiger partial charge is 0.374 e. The average molecular weight is 328 g/mol.